The van der Waals surface area contributed by atoms with Crippen LogP contribution in [-0.4, -0.2) is 47.3 Å². The first-order valence-electron chi connectivity index (χ1n) is 5.68. The maximum atomic E-state index is 11.6. The van der Waals surface area contributed by atoms with E-state index >= 15 is 0 Å². The molecule has 1 aliphatic heterocycles. The molecule has 0 fully saturated rings. The number of aliphatic imine (C=N–C) groups is 2. The van der Waals surface area contributed by atoms with E-state index in [0.29, 0.717) is 13.2 Å². The van der Waals surface area contributed by atoms with E-state index in [-0.39, 0.29) is 17.5 Å². The van der Waals surface area contributed by atoms with Gasteiger partial charge in [-0.1, -0.05) is 23.5 Å². The van der Waals surface area contributed by atoms with Gasteiger partial charge < -0.3 is 9.84 Å². The van der Waals surface area contributed by atoms with Crippen molar-refractivity contribution >= 4 is 39.7 Å². The second-order valence-electron chi connectivity index (χ2n) is 3.59. The lowest BCUT2D eigenvalue weighted by atomic mass is 10.6. The van der Waals surface area contributed by atoms with Crippen molar-refractivity contribution in [3.63, 3.8) is 0 Å². The molecule has 19 heavy (non-hydrogen) atoms. The normalized spacial score (nSPS) is 15.8. The summed E-state index contributed by atoms with van der Waals surface area (Å²) in [4.78, 5) is 8.08. The largest absolute Gasteiger partial charge is 0.861 e. The van der Waals surface area contributed by atoms with Crippen molar-refractivity contribution < 1.29 is 19.0 Å². The molecule has 0 aliphatic carbocycles. The van der Waals surface area contributed by atoms with E-state index < -0.39 is 0 Å². The van der Waals surface area contributed by atoms with Gasteiger partial charge in [0.25, 0.3) is 6.20 Å². The number of rotatable bonds is 6. The van der Waals surface area contributed by atoms with Crippen LogP contribution in [0.15, 0.2) is 20.7 Å². The predicted octanol–water partition coefficient (Wildman–Crippen LogP) is -0.165. The van der Waals surface area contributed by atoms with E-state index in [1.807, 2.05) is 0 Å². The van der Waals surface area contributed by atoms with Gasteiger partial charge in [-0.3, -0.25) is 9.52 Å². The van der Waals surface area contributed by atoms with Crippen molar-refractivity contribution in [2.24, 2.45) is 9.98 Å². The average molecular weight is 302 g/mol. The fraction of sp³-hybridized carbons (Fsp3) is 0.600. The highest BCUT2D eigenvalue weighted by atomic mass is 32.2. The lowest BCUT2D eigenvalue weighted by Crippen LogP contribution is -2.36. The van der Waals surface area contributed by atoms with E-state index in [1.165, 1.54) is 11.8 Å². The summed E-state index contributed by atoms with van der Waals surface area (Å²) in [5.41, 5.74) is 0. The van der Waals surface area contributed by atoms with Gasteiger partial charge in [0.15, 0.2) is 0 Å². The molecule has 9 heteroatoms. The molecule has 7 nitrogen and oxygen atoms in total. The Kier molecular flexibility index (Phi) is 5.67. The first-order valence-corrected chi connectivity index (χ1v) is 7.65. The fourth-order valence-electron chi connectivity index (χ4n) is 1.29. The summed E-state index contributed by atoms with van der Waals surface area (Å²) in [6.07, 6.45) is 1.57. The highest BCUT2D eigenvalue weighted by molar-refractivity contribution is 8.39. The van der Waals surface area contributed by atoms with E-state index in [1.54, 1.807) is 29.8 Å². The van der Waals surface area contributed by atoms with Crippen molar-refractivity contribution in [3.8, 4) is 0 Å². The Balaban J connectivity index is 1.83. The lowest BCUT2D eigenvalue weighted by Gasteiger charge is -2.07. The Morgan fingerprint density at radius 2 is 2.63 bits per heavy atom. The molecule has 1 aromatic heterocycles. The van der Waals surface area contributed by atoms with Crippen molar-refractivity contribution in [3.05, 3.63) is 6.20 Å². The van der Waals surface area contributed by atoms with Crippen LogP contribution in [0.25, 0.3) is 0 Å². The van der Waals surface area contributed by atoms with Gasteiger partial charge in [-0.05, 0) is 10.6 Å². The Bertz CT molecular complexity index is 475. The zero-order chi connectivity index (χ0) is 13.5. The second-order valence-corrected chi connectivity index (χ2v) is 5.89. The third kappa shape index (κ3) is 4.84. The van der Waals surface area contributed by atoms with Gasteiger partial charge in [-0.2, -0.15) is 0 Å². The molecule has 2 rings (SSSR count). The van der Waals surface area contributed by atoms with Crippen LogP contribution in [-0.2, 0) is 11.3 Å². The highest BCUT2D eigenvalue weighted by Gasteiger charge is 2.10. The third-order valence-electron chi connectivity index (χ3n) is 2.13. The predicted molar refractivity (Wildman–Crippen MR) is 72.9 cm³/mol. The topological polar surface area (TPSA) is 86.9 Å². The van der Waals surface area contributed by atoms with Crippen LogP contribution < -0.4 is 9.79 Å². The summed E-state index contributed by atoms with van der Waals surface area (Å²) in [5, 5.41) is 15.3. The van der Waals surface area contributed by atoms with Crippen LogP contribution in [0.5, 0.6) is 0 Å². The summed E-state index contributed by atoms with van der Waals surface area (Å²) in [7, 11) is 1.61. The van der Waals surface area contributed by atoms with Gasteiger partial charge in [-0.15, -0.1) is 0 Å². The van der Waals surface area contributed by atoms with E-state index in [0.717, 1.165) is 16.7 Å². The van der Waals surface area contributed by atoms with Gasteiger partial charge in [-0.25, -0.2) is 4.99 Å². The van der Waals surface area contributed by atoms with Gasteiger partial charge in [0, 0.05) is 18.6 Å². The number of aromatic nitrogens is 2. The first kappa shape index (κ1) is 14.4. The smallest absolute Gasteiger partial charge is 0.320 e. The lowest BCUT2D eigenvalue weighted by molar-refractivity contribution is -0.763. The monoisotopic (exact) mass is 302 g/mol. The maximum Gasteiger partial charge on any atom is 0.320 e. The molecule has 0 N–H and O–H groups in total. The summed E-state index contributed by atoms with van der Waals surface area (Å²) >= 11 is 3.08. The van der Waals surface area contributed by atoms with Crippen LogP contribution in [0.4, 0.5) is 5.88 Å². The number of methoxy groups -OCH3 is 1. The van der Waals surface area contributed by atoms with E-state index in [4.69, 9.17) is 9.26 Å². The van der Waals surface area contributed by atoms with Crippen molar-refractivity contribution in [1.82, 2.24) is 5.27 Å². The minimum atomic E-state index is -0.254. The molecule has 0 radical (unpaired) electrons. The summed E-state index contributed by atoms with van der Waals surface area (Å²) in [5.74, 6) is 1.22. The number of hydrogen-bond donors (Lipinski definition) is 0. The molecular weight excluding hydrogens is 288 g/mol. The van der Waals surface area contributed by atoms with Crippen LogP contribution in [0.3, 0.4) is 0 Å². The molecule has 0 atom stereocenters. The average Bonchev–Trinajstić information content (AvgIpc) is 3.05. The molecular formula is C10H14N4O3S2. The SMILES string of the molecule is COCC[n+]1cc(/N=C(/[O-])CSC2=NCCS2)on1. The maximum absolute atomic E-state index is 11.6. The van der Waals surface area contributed by atoms with Crippen molar-refractivity contribution in [2.75, 3.05) is 31.8 Å². The molecule has 2 heterocycles. The zero-order valence-corrected chi connectivity index (χ0v) is 12.1. The molecule has 0 saturated carbocycles. The van der Waals surface area contributed by atoms with Gasteiger partial charge >= 0.3 is 5.88 Å². The zero-order valence-electron chi connectivity index (χ0n) is 10.4. The fourth-order valence-corrected chi connectivity index (χ4v) is 3.08. The quantitative estimate of drug-likeness (QED) is 0.412. The molecule has 0 spiro atoms. The number of ether oxygens (including phenoxy) is 1. The van der Waals surface area contributed by atoms with Crippen LogP contribution in [0.1, 0.15) is 0 Å². The Labute approximate surface area is 119 Å². The number of hydrogen-bond acceptors (Lipinski definition) is 8. The number of nitrogens with zero attached hydrogens (tertiary/aromatic N) is 4. The molecule has 1 aliphatic rings. The van der Waals surface area contributed by atoms with E-state index in [2.05, 4.69) is 15.3 Å². The third-order valence-corrected chi connectivity index (χ3v) is 4.37. The molecule has 104 valence electrons. The molecule has 0 amide bonds. The van der Waals surface area contributed by atoms with E-state index in [9.17, 15) is 5.11 Å². The molecule has 0 aromatic carbocycles. The molecule has 1 aromatic rings. The molecule has 0 bridgehead atoms. The Morgan fingerprint density at radius 1 is 1.74 bits per heavy atom. The summed E-state index contributed by atoms with van der Waals surface area (Å²) < 4.78 is 12.3. The molecule has 0 unspecified atom stereocenters. The Morgan fingerprint density at radius 3 is 3.37 bits per heavy atom. The second kappa shape index (κ2) is 7.51. The first-order chi connectivity index (χ1) is 9.28. The van der Waals surface area contributed by atoms with Gasteiger partial charge in [0.05, 0.1) is 6.54 Å². The van der Waals surface area contributed by atoms with Gasteiger partial charge in [0.2, 0.25) is 11.8 Å². The van der Waals surface area contributed by atoms with Gasteiger partial charge in [0.1, 0.15) is 11.0 Å². The van der Waals surface area contributed by atoms with Crippen LogP contribution >= 0.6 is 23.5 Å². The minimum absolute atomic E-state index is 0.211. The molecule has 0 saturated heterocycles. The summed E-state index contributed by atoms with van der Waals surface area (Å²) in [6.45, 7) is 1.92. The Hall–Kier alpha value is -1.06. The van der Waals surface area contributed by atoms with Crippen LogP contribution in [0.2, 0.25) is 0 Å². The standard InChI is InChI=1S/C10H14N4O3S2/c1-16-4-3-14-6-9(17-13-14)12-8(15)7-19-10-11-2-5-18-10/h6H,2-5,7H2,1H3. The van der Waals surface area contributed by atoms with Crippen molar-refractivity contribution in [1.29, 1.82) is 0 Å². The minimum Gasteiger partial charge on any atom is -0.861 e. The summed E-state index contributed by atoms with van der Waals surface area (Å²) in [6, 6.07) is 0. The highest BCUT2D eigenvalue weighted by Crippen LogP contribution is 2.21. The van der Waals surface area contributed by atoms with Crippen molar-refractivity contribution in [2.45, 2.75) is 6.54 Å². The van der Waals surface area contributed by atoms with Crippen LogP contribution in [0, 0.1) is 0 Å². The number of thioether (sulfide) groups is 2.